The molecule has 1 aliphatic heterocycles. The Kier molecular flexibility index (Phi) is 6.22. The summed E-state index contributed by atoms with van der Waals surface area (Å²) in [6.07, 6.45) is 1.51. The smallest absolute Gasteiger partial charge is 0.266 e. The number of carbonyl (C=O) groups excluding carboxylic acids is 2. The highest BCUT2D eigenvalue weighted by atomic mass is 32.2. The van der Waals surface area contributed by atoms with Crippen molar-refractivity contribution in [2.45, 2.75) is 11.3 Å². The third-order valence-corrected chi connectivity index (χ3v) is 8.07. The monoisotopic (exact) mass is 574 g/mol. The molecule has 0 spiro atoms. The van der Waals surface area contributed by atoms with Crippen LogP contribution in [-0.4, -0.2) is 51.5 Å². The summed E-state index contributed by atoms with van der Waals surface area (Å²) in [5.41, 5.74) is 1.92. The van der Waals surface area contributed by atoms with E-state index in [9.17, 15) is 18.0 Å². The molecular formula is C28H22N4O8S. The fourth-order valence-electron chi connectivity index (χ4n) is 4.76. The number of fused-ring (bicyclic) bond motifs is 3. The van der Waals surface area contributed by atoms with E-state index in [-0.39, 0.29) is 28.7 Å². The Hall–Kier alpha value is -5.17. The maximum atomic E-state index is 12.9. The summed E-state index contributed by atoms with van der Waals surface area (Å²) in [6.45, 7) is 0. The Balaban J connectivity index is 1.38. The van der Waals surface area contributed by atoms with Crippen LogP contribution in [0.5, 0.6) is 23.1 Å². The molecule has 2 aromatic heterocycles. The standard InChI is InChI=1S/C28H22N4O8S/c1-29-27(34)25-16-6-5-15(39-28-17-11-21(37-2)22(38-3)12-19(17)30-13-31-28)10-20(16)40-23(25)9-14-4-7-24-18(8-14)26(33)32-41(24,35)36/h4-8,10-13H,9H2,1-3H3,(H,29,34)(H,32,33). The zero-order valence-electron chi connectivity index (χ0n) is 22.0. The van der Waals surface area contributed by atoms with Gasteiger partial charge in [0.05, 0.1) is 36.2 Å². The first kappa shape index (κ1) is 26.1. The third kappa shape index (κ3) is 4.45. The minimum absolute atomic E-state index is 0.0436. The van der Waals surface area contributed by atoms with Gasteiger partial charge in [-0.25, -0.2) is 23.1 Å². The summed E-state index contributed by atoms with van der Waals surface area (Å²) in [5.74, 6) is 0.950. The van der Waals surface area contributed by atoms with Crippen LogP contribution in [0.15, 0.2) is 64.2 Å². The lowest BCUT2D eigenvalue weighted by Gasteiger charge is -2.11. The van der Waals surface area contributed by atoms with Crippen LogP contribution in [0.2, 0.25) is 0 Å². The molecule has 1 aliphatic rings. The van der Waals surface area contributed by atoms with E-state index < -0.39 is 15.9 Å². The normalized spacial score (nSPS) is 13.6. The quantitative estimate of drug-likeness (QED) is 0.294. The minimum atomic E-state index is -3.87. The van der Waals surface area contributed by atoms with Gasteiger partial charge in [-0.05, 0) is 35.9 Å². The van der Waals surface area contributed by atoms with Crippen molar-refractivity contribution < 1.29 is 36.6 Å². The summed E-state index contributed by atoms with van der Waals surface area (Å²) in [4.78, 5) is 33.5. The van der Waals surface area contributed by atoms with E-state index >= 15 is 0 Å². The predicted molar refractivity (Wildman–Crippen MR) is 146 cm³/mol. The van der Waals surface area contributed by atoms with Crippen LogP contribution in [0.3, 0.4) is 0 Å². The number of amides is 2. The number of sulfonamides is 1. The topological polar surface area (TPSA) is 159 Å². The first-order chi connectivity index (χ1) is 19.7. The molecule has 6 rings (SSSR count). The number of aromatic nitrogens is 2. The third-order valence-electron chi connectivity index (χ3n) is 6.68. The van der Waals surface area contributed by atoms with Crippen molar-refractivity contribution in [3.05, 3.63) is 77.3 Å². The molecule has 0 saturated heterocycles. The molecule has 208 valence electrons. The first-order valence-corrected chi connectivity index (χ1v) is 13.7. The van der Waals surface area contributed by atoms with Crippen LogP contribution < -0.4 is 24.2 Å². The Bertz CT molecular complexity index is 2000. The van der Waals surface area contributed by atoms with Gasteiger partial charge in [0, 0.05) is 31.0 Å². The number of methoxy groups -OCH3 is 2. The Morgan fingerprint density at radius 3 is 2.54 bits per heavy atom. The van der Waals surface area contributed by atoms with E-state index in [1.165, 1.54) is 39.7 Å². The van der Waals surface area contributed by atoms with Gasteiger partial charge in [-0.2, -0.15) is 0 Å². The van der Waals surface area contributed by atoms with E-state index in [1.54, 1.807) is 36.4 Å². The van der Waals surface area contributed by atoms with E-state index in [0.717, 1.165) is 0 Å². The van der Waals surface area contributed by atoms with Crippen LogP contribution in [-0.2, 0) is 16.4 Å². The van der Waals surface area contributed by atoms with Gasteiger partial charge in [0.2, 0.25) is 5.88 Å². The number of hydrogen-bond acceptors (Lipinski definition) is 10. The maximum Gasteiger partial charge on any atom is 0.266 e. The van der Waals surface area contributed by atoms with Crippen LogP contribution >= 0.6 is 0 Å². The molecule has 2 amide bonds. The summed E-state index contributed by atoms with van der Waals surface area (Å²) >= 11 is 0. The van der Waals surface area contributed by atoms with Gasteiger partial charge in [0.1, 0.15) is 28.3 Å². The van der Waals surface area contributed by atoms with Gasteiger partial charge in [-0.3, -0.25) is 9.59 Å². The largest absolute Gasteiger partial charge is 0.493 e. The highest BCUT2D eigenvalue weighted by molar-refractivity contribution is 7.90. The van der Waals surface area contributed by atoms with Crippen LogP contribution in [0.1, 0.15) is 32.0 Å². The lowest BCUT2D eigenvalue weighted by molar-refractivity contribution is 0.0959. The lowest BCUT2D eigenvalue weighted by Crippen LogP contribution is -2.20. The average molecular weight is 575 g/mol. The molecule has 0 unspecified atom stereocenters. The molecule has 0 bridgehead atoms. The molecule has 5 aromatic rings. The highest BCUT2D eigenvalue weighted by Gasteiger charge is 2.32. The number of furan rings is 1. The van der Waals surface area contributed by atoms with Crippen molar-refractivity contribution in [1.82, 2.24) is 20.0 Å². The van der Waals surface area contributed by atoms with Crippen molar-refractivity contribution in [2.24, 2.45) is 0 Å². The Labute approximate surface area is 233 Å². The van der Waals surface area contributed by atoms with Gasteiger partial charge >= 0.3 is 0 Å². The Morgan fingerprint density at radius 2 is 1.78 bits per heavy atom. The molecule has 13 heteroatoms. The van der Waals surface area contributed by atoms with Gasteiger partial charge in [-0.15, -0.1) is 0 Å². The molecule has 0 saturated carbocycles. The number of nitrogens with one attached hydrogen (secondary N) is 2. The molecular weight excluding hydrogens is 552 g/mol. The molecule has 2 N–H and O–H groups in total. The second kappa shape index (κ2) is 9.78. The van der Waals surface area contributed by atoms with E-state index in [1.807, 2.05) is 4.72 Å². The van der Waals surface area contributed by atoms with Crippen molar-refractivity contribution in [3.8, 4) is 23.1 Å². The highest BCUT2D eigenvalue weighted by Crippen LogP contribution is 2.37. The molecule has 3 heterocycles. The van der Waals surface area contributed by atoms with E-state index in [0.29, 0.717) is 56.0 Å². The van der Waals surface area contributed by atoms with E-state index in [2.05, 4.69) is 15.3 Å². The molecule has 0 fully saturated rings. The van der Waals surface area contributed by atoms with Gasteiger partial charge < -0.3 is 23.9 Å². The zero-order valence-corrected chi connectivity index (χ0v) is 22.8. The van der Waals surface area contributed by atoms with E-state index in [4.69, 9.17) is 18.6 Å². The maximum absolute atomic E-state index is 12.9. The van der Waals surface area contributed by atoms with Crippen molar-refractivity contribution in [2.75, 3.05) is 21.3 Å². The number of hydrogen-bond donors (Lipinski definition) is 2. The van der Waals surface area contributed by atoms with Gasteiger partial charge in [0.15, 0.2) is 11.5 Å². The predicted octanol–water partition coefficient (Wildman–Crippen LogP) is 3.57. The van der Waals surface area contributed by atoms with Crippen molar-refractivity contribution in [1.29, 1.82) is 0 Å². The number of benzene rings is 3. The van der Waals surface area contributed by atoms with Crippen molar-refractivity contribution >= 4 is 43.7 Å². The number of nitrogens with zero attached hydrogens (tertiary/aromatic N) is 2. The fourth-order valence-corrected chi connectivity index (χ4v) is 5.91. The van der Waals surface area contributed by atoms with Crippen molar-refractivity contribution in [3.63, 3.8) is 0 Å². The molecule has 41 heavy (non-hydrogen) atoms. The Morgan fingerprint density at radius 1 is 1.00 bits per heavy atom. The van der Waals surface area contributed by atoms with Gasteiger partial charge in [-0.1, -0.05) is 6.07 Å². The zero-order chi connectivity index (χ0) is 28.9. The van der Waals surface area contributed by atoms with Crippen LogP contribution in [0.4, 0.5) is 0 Å². The SMILES string of the molecule is CNC(=O)c1c(Cc2ccc3c(c2)C(=O)NS3(=O)=O)oc2cc(Oc3ncnc4cc(OC)c(OC)cc34)ccc12. The average Bonchev–Trinajstić information content (AvgIpc) is 3.43. The molecule has 3 aromatic carbocycles. The summed E-state index contributed by atoms with van der Waals surface area (Å²) in [6, 6.07) is 12.9. The van der Waals surface area contributed by atoms with Crippen LogP contribution in [0, 0.1) is 0 Å². The molecule has 0 atom stereocenters. The molecule has 0 radical (unpaired) electrons. The number of carbonyl (C=O) groups is 2. The second-order valence-corrected chi connectivity index (χ2v) is 10.7. The summed E-state index contributed by atoms with van der Waals surface area (Å²) < 4.78 is 49.1. The minimum Gasteiger partial charge on any atom is -0.493 e. The molecule has 0 aliphatic carbocycles. The second-order valence-electron chi connectivity index (χ2n) is 9.08. The van der Waals surface area contributed by atoms with Crippen LogP contribution in [0.25, 0.3) is 21.9 Å². The fraction of sp³-hybridized carbons (Fsp3) is 0.143. The molecule has 12 nitrogen and oxygen atoms in total. The van der Waals surface area contributed by atoms with Gasteiger partial charge in [0.25, 0.3) is 21.8 Å². The summed E-state index contributed by atoms with van der Waals surface area (Å²) in [5, 5.41) is 3.77. The first-order valence-electron chi connectivity index (χ1n) is 12.2. The number of rotatable bonds is 7. The summed E-state index contributed by atoms with van der Waals surface area (Å²) in [7, 11) is 0.708. The number of ether oxygens (including phenoxy) is 3. The lowest BCUT2D eigenvalue weighted by atomic mass is 10.0.